The number of esters is 1. The number of amides is 1. The fourth-order valence-corrected chi connectivity index (χ4v) is 5.40. The number of carbonyl (C=O) groups excluding carboxylic acids is 2. The molecule has 3 aromatic heterocycles. The zero-order chi connectivity index (χ0) is 21.1. The first-order valence-electron chi connectivity index (χ1n) is 9.35. The number of thiophene rings is 1. The molecule has 1 amide bonds. The van der Waals surface area contributed by atoms with Crippen molar-refractivity contribution in [2.75, 3.05) is 24.0 Å². The van der Waals surface area contributed by atoms with E-state index in [0.717, 1.165) is 35.3 Å². The summed E-state index contributed by atoms with van der Waals surface area (Å²) in [6.45, 7) is 0. The Kier molecular flexibility index (Phi) is 6.00. The van der Waals surface area contributed by atoms with Crippen LogP contribution in [0.1, 0.15) is 33.6 Å². The number of thioether (sulfide) groups is 1. The van der Waals surface area contributed by atoms with Crippen LogP contribution in [0.2, 0.25) is 0 Å². The van der Waals surface area contributed by atoms with Crippen LogP contribution in [0.3, 0.4) is 0 Å². The van der Waals surface area contributed by atoms with Gasteiger partial charge >= 0.3 is 5.97 Å². The van der Waals surface area contributed by atoms with E-state index < -0.39 is 5.97 Å². The molecule has 1 aliphatic carbocycles. The number of nitrogens with zero attached hydrogens (tertiary/aromatic N) is 4. The summed E-state index contributed by atoms with van der Waals surface area (Å²) in [7, 11) is 1.35. The average molecular weight is 445 g/mol. The first-order valence-corrected chi connectivity index (χ1v) is 11.1. The Morgan fingerprint density at radius 2 is 2.10 bits per heavy atom. The van der Waals surface area contributed by atoms with Crippen molar-refractivity contribution in [1.82, 2.24) is 19.9 Å². The normalized spacial score (nSPS) is 12.6. The third-order valence-corrected chi connectivity index (χ3v) is 6.88. The van der Waals surface area contributed by atoms with E-state index in [1.165, 1.54) is 34.9 Å². The third kappa shape index (κ3) is 4.03. The summed E-state index contributed by atoms with van der Waals surface area (Å²) in [5, 5.41) is 12.2. The number of carbonyl (C=O) groups is 2. The van der Waals surface area contributed by atoms with Gasteiger partial charge < -0.3 is 15.9 Å². The molecule has 0 unspecified atom stereocenters. The van der Waals surface area contributed by atoms with E-state index in [4.69, 9.17) is 10.6 Å². The van der Waals surface area contributed by atoms with Crippen LogP contribution in [-0.4, -0.2) is 44.6 Å². The van der Waals surface area contributed by atoms with Gasteiger partial charge in [0.1, 0.15) is 5.00 Å². The second-order valence-electron chi connectivity index (χ2n) is 6.61. The molecule has 0 saturated carbocycles. The Bertz CT molecular complexity index is 1080. The highest BCUT2D eigenvalue weighted by molar-refractivity contribution is 7.99. The van der Waals surface area contributed by atoms with Crippen molar-refractivity contribution in [2.45, 2.75) is 30.8 Å². The summed E-state index contributed by atoms with van der Waals surface area (Å²) in [5.74, 6) is 6.50. The van der Waals surface area contributed by atoms with Crippen molar-refractivity contribution in [1.29, 1.82) is 0 Å². The lowest BCUT2D eigenvalue weighted by Crippen LogP contribution is -2.15. The molecular formula is C19H20N6O3S2. The van der Waals surface area contributed by atoms with E-state index in [1.807, 2.05) is 0 Å². The van der Waals surface area contributed by atoms with E-state index in [2.05, 4.69) is 20.5 Å². The maximum absolute atomic E-state index is 12.5. The minimum absolute atomic E-state index is 0.176. The summed E-state index contributed by atoms with van der Waals surface area (Å²) in [6, 6.07) is 3.60. The van der Waals surface area contributed by atoms with Gasteiger partial charge in [-0.2, -0.15) is 0 Å². The smallest absolute Gasteiger partial charge is 0.341 e. The van der Waals surface area contributed by atoms with E-state index in [-0.39, 0.29) is 12.3 Å². The highest BCUT2D eigenvalue weighted by Gasteiger charge is 2.28. The first-order chi connectivity index (χ1) is 14.6. The van der Waals surface area contributed by atoms with Crippen molar-refractivity contribution >= 4 is 40.0 Å². The minimum atomic E-state index is -0.404. The number of ether oxygens (including phenoxy) is 1. The number of aromatic nitrogens is 4. The van der Waals surface area contributed by atoms with Gasteiger partial charge in [0.2, 0.25) is 11.1 Å². The van der Waals surface area contributed by atoms with Crippen molar-refractivity contribution in [2.24, 2.45) is 0 Å². The van der Waals surface area contributed by atoms with Gasteiger partial charge in [-0.1, -0.05) is 11.8 Å². The van der Waals surface area contributed by atoms with Crippen LogP contribution in [-0.2, 0) is 22.4 Å². The molecule has 0 bridgehead atoms. The monoisotopic (exact) mass is 444 g/mol. The van der Waals surface area contributed by atoms with Crippen molar-refractivity contribution in [3.8, 4) is 11.4 Å². The highest BCUT2D eigenvalue weighted by Crippen LogP contribution is 2.39. The molecule has 1 aliphatic rings. The number of fused-ring (bicyclic) bond motifs is 1. The van der Waals surface area contributed by atoms with Crippen LogP contribution in [0, 0.1) is 0 Å². The maximum atomic E-state index is 12.5. The van der Waals surface area contributed by atoms with Crippen molar-refractivity contribution in [3.05, 3.63) is 40.5 Å². The molecule has 11 heteroatoms. The summed E-state index contributed by atoms with van der Waals surface area (Å²) < 4.78 is 6.31. The Morgan fingerprint density at radius 3 is 2.87 bits per heavy atom. The van der Waals surface area contributed by atoms with E-state index in [9.17, 15) is 9.59 Å². The SMILES string of the molecule is COC(=O)c1c(NC(=O)CCSc2nnc(-c3ccncc3)n2N)sc2c1CCC2. The molecule has 0 aliphatic heterocycles. The number of nitrogens with two attached hydrogens (primary N) is 1. The van der Waals surface area contributed by atoms with Gasteiger partial charge in [0, 0.05) is 35.0 Å². The molecule has 30 heavy (non-hydrogen) atoms. The zero-order valence-electron chi connectivity index (χ0n) is 16.3. The molecule has 4 rings (SSSR count). The molecule has 3 N–H and O–H groups in total. The Morgan fingerprint density at radius 1 is 1.30 bits per heavy atom. The standard InChI is InChI=1S/C19H20N6O3S2/c1-28-18(27)15-12-3-2-4-13(12)30-17(15)22-14(26)7-10-29-19-24-23-16(25(19)20)11-5-8-21-9-6-11/h5-6,8-9H,2-4,7,10,20H2,1H3,(H,22,26). The molecule has 156 valence electrons. The minimum Gasteiger partial charge on any atom is -0.465 e. The molecule has 0 spiro atoms. The van der Waals surface area contributed by atoms with Gasteiger partial charge in [-0.25, -0.2) is 9.47 Å². The van der Waals surface area contributed by atoms with Crippen LogP contribution >= 0.6 is 23.1 Å². The molecule has 9 nitrogen and oxygen atoms in total. The number of rotatable bonds is 7. The number of hydrogen-bond acceptors (Lipinski definition) is 9. The fourth-order valence-electron chi connectivity index (χ4n) is 3.31. The molecule has 0 radical (unpaired) electrons. The van der Waals surface area contributed by atoms with Gasteiger partial charge in [0.25, 0.3) is 0 Å². The first kappa shape index (κ1) is 20.4. The van der Waals surface area contributed by atoms with Crippen LogP contribution in [0.5, 0.6) is 0 Å². The third-order valence-electron chi connectivity index (χ3n) is 4.73. The second-order valence-corrected chi connectivity index (χ2v) is 8.78. The van der Waals surface area contributed by atoms with E-state index in [0.29, 0.717) is 27.3 Å². The number of nitrogens with one attached hydrogen (secondary N) is 1. The number of pyridine rings is 1. The quantitative estimate of drug-likeness (QED) is 0.323. The molecule has 3 aromatic rings. The van der Waals surface area contributed by atoms with Gasteiger partial charge in [-0.3, -0.25) is 9.78 Å². The lowest BCUT2D eigenvalue weighted by Gasteiger charge is -2.07. The molecule has 0 saturated heterocycles. The predicted molar refractivity (Wildman–Crippen MR) is 115 cm³/mol. The molecule has 0 atom stereocenters. The van der Waals surface area contributed by atoms with E-state index >= 15 is 0 Å². The number of hydrogen-bond donors (Lipinski definition) is 2. The molecule has 0 fully saturated rings. The molecule has 0 aromatic carbocycles. The second kappa shape index (κ2) is 8.84. The van der Waals surface area contributed by atoms with Crippen LogP contribution in [0.25, 0.3) is 11.4 Å². The largest absolute Gasteiger partial charge is 0.465 e. The Hall–Kier alpha value is -2.92. The van der Waals surface area contributed by atoms with Crippen LogP contribution in [0.15, 0.2) is 29.7 Å². The van der Waals surface area contributed by atoms with Crippen LogP contribution in [0.4, 0.5) is 5.00 Å². The maximum Gasteiger partial charge on any atom is 0.341 e. The van der Waals surface area contributed by atoms with Gasteiger partial charge in [0.05, 0.1) is 12.7 Å². The highest BCUT2D eigenvalue weighted by atomic mass is 32.2. The summed E-state index contributed by atoms with van der Waals surface area (Å²) in [4.78, 5) is 29.8. The number of methoxy groups -OCH3 is 1. The molecule has 3 heterocycles. The van der Waals surface area contributed by atoms with Gasteiger partial charge in [0.15, 0.2) is 5.82 Å². The topological polar surface area (TPSA) is 125 Å². The lowest BCUT2D eigenvalue weighted by atomic mass is 10.1. The zero-order valence-corrected chi connectivity index (χ0v) is 17.9. The lowest BCUT2D eigenvalue weighted by molar-refractivity contribution is -0.115. The summed E-state index contributed by atoms with van der Waals surface area (Å²) in [6.07, 6.45) is 6.35. The predicted octanol–water partition coefficient (Wildman–Crippen LogP) is 2.51. The van der Waals surface area contributed by atoms with E-state index in [1.54, 1.807) is 24.5 Å². The summed E-state index contributed by atoms with van der Waals surface area (Å²) >= 11 is 2.80. The van der Waals surface area contributed by atoms with Gasteiger partial charge in [-0.15, -0.1) is 21.5 Å². The Balaban J connectivity index is 1.37. The Labute approximate surface area is 181 Å². The molecular weight excluding hydrogens is 424 g/mol. The van der Waals surface area contributed by atoms with Crippen LogP contribution < -0.4 is 11.2 Å². The average Bonchev–Trinajstić information content (AvgIpc) is 3.43. The number of anilines is 1. The fraction of sp³-hybridized carbons (Fsp3) is 0.316. The van der Waals surface area contributed by atoms with Crippen molar-refractivity contribution < 1.29 is 14.3 Å². The number of aryl methyl sites for hydroxylation is 1. The van der Waals surface area contributed by atoms with Crippen molar-refractivity contribution in [3.63, 3.8) is 0 Å². The van der Waals surface area contributed by atoms with Gasteiger partial charge in [-0.05, 0) is 37.0 Å². The summed E-state index contributed by atoms with van der Waals surface area (Å²) in [5.41, 5.74) is 2.32. The number of nitrogen functional groups attached to an aromatic ring is 1.